The summed E-state index contributed by atoms with van der Waals surface area (Å²) in [5.41, 5.74) is 5.57. The highest BCUT2D eigenvalue weighted by atomic mass is 14.9. The van der Waals surface area contributed by atoms with Crippen LogP contribution in [0, 0.1) is 6.92 Å². The number of hydrogen-bond acceptors (Lipinski definition) is 1. The van der Waals surface area contributed by atoms with Crippen molar-refractivity contribution in [3.8, 4) is 0 Å². The largest absolute Gasteiger partial charge is 0.358 e. The highest BCUT2D eigenvalue weighted by molar-refractivity contribution is 5.85. The fourth-order valence-corrected chi connectivity index (χ4v) is 3.20. The number of aromatic amines is 1. The lowest BCUT2D eigenvalue weighted by Gasteiger charge is -2.11. The summed E-state index contributed by atoms with van der Waals surface area (Å²) in [5.74, 6) is 0.595. The Hall–Kier alpha value is -1.28. The number of hydrogen-bond donors (Lipinski definition) is 2. The lowest BCUT2D eigenvalue weighted by Crippen LogP contribution is -2.23. The Morgan fingerprint density at radius 2 is 2.16 bits per heavy atom. The van der Waals surface area contributed by atoms with Crippen LogP contribution in [0.25, 0.3) is 10.9 Å². The summed E-state index contributed by atoms with van der Waals surface area (Å²) in [6, 6.07) is 7.54. The lowest BCUT2D eigenvalue weighted by molar-refractivity contribution is 0.603. The van der Waals surface area contributed by atoms with E-state index in [9.17, 15) is 0 Å². The molecule has 1 atom stereocenters. The Morgan fingerprint density at radius 1 is 1.32 bits per heavy atom. The minimum absolute atomic E-state index is 0.595. The number of fused-ring (bicyclic) bond motifs is 1. The zero-order valence-corrected chi connectivity index (χ0v) is 12.2. The zero-order valence-electron chi connectivity index (χ0n) is 12.2. The lowest BCUT2D eigenvalue weighted by atomic mass is 9.97. The van der Waals surface area contributed by atoms with E-state index >= 15 is 0 Å². The molecule has 0 spiro atoms. The Morgan fingerprint density at radius 3 is 2.84 bits per heavy atom. The van der Waals surface area contributed by atoms with Crippen LogP contribution in [0.15, 0.2) is 18.2 Å². The molecule has 1 aliphatic rings. The van der Waals surface area contributed by atoms with E-state index < -0.39 is 0 Å². The first-order chi connectivity index (χ1) is 9.15. The quantitative estimate of drug-likeness (QED) is 0.856. The number of aryl methyl sites for hydroxylation is 1. The van der Waals surface area contributed by atoms with Gasteiger partial charge in [0.2, 0.25) is 0 Å². The van der Waals surface area contributed by atoms with Gasteiger partial charge < -0.3 is 10.3 Å². The smallest absolute Gasteiger partial charge is 0.0459 e. The maximum Gasteiger partial charge on any atom is 0.0459 e. The van der Waals surface area contributed by atoms with Gasteiger partial charge in [-0.25, -0.2) is 0 Å². The van der Waals surface area contributed by atoms with Crippen LogP contribution in [-0.2, 0) is 6.42 Å². The van der Waals surface area contributed by atoms with Gasteiger partial charge in [0.15, 0.2) is 0 Å². The summed E-state index contributed by atoms with van der Waals surface area (Å²) < 4.78 is 0. The van der Waals surface area contributed by atoms with Crippen molar-refractivity contribution in [2.75, 3.05) is 6.54 Å². The average Bonchev–Trinajstić information content (AvgIpc) is 2.98. The molecule has 1 fully saturated rings. The molecule has 102 valence electrons. The van der Waals surface area contributed by atoms with Gasteiger partial charge in [-0.3, -0.25) is 0 Å². The Bertz CT molecular complexity index is 574. The van der Waals surface area contributed by atoms with Crippen LogP contribution in [0.2, 0.25) is 0 Å². The Balaban J connectivity index is 2.00. The van der Waals surface area contributed by atoms with E-state index in [0.717, 1.165) is 6.42 Å². The molecule has 1 aromatic carbocycles. The molecule has 0 radical (unpaired) electrons. The molecule has 0 saturated carbocycles. The second-order valence-electron chi connectivity index (χ2n) is 6.19. The number of nitrogens with one attached hydrogen (secondary N) is 2. The minimum atomic E-state index is 0.595. The van der Waals surface area contributed by atoms with Crippen LogP contribution in [0.5, 0.6) is 0 Å². The molecule has 3 rings (SSSR count). The molecular formula is C17H24N2. The summed E-state index contributed by atoms with van der Waals surface area (Å²) >= 11 is 0. The van der Waals surface area contributed by atoms with Crippen molar-refractivity contribution in [3.63, 3.8) is 0 Å². The third-order valence-corrected chi connectivity index (χ3v) is 4.42. The van der Waals surface area contributed by atoms with Crippen molar-refractivity contribution < 1.29 is 0 Å². The first-order valence-corrected chi connectivity index (χ1v) is 7.49. The second kappa shape index (κ2) is 5.01. The van der Waals surface area contributed by atoms with Crippen molar-refractivity contribution in [1.82, 2.24) is 10.3 Å². The molecular weight excluding hydrogens is 232 g/mol. The Kier molecular flexibility index (Phi) is 3.36. The molecule has 2 heteroatoms. The van der Waals surface area contributed by atoms with Gasteiger partial charge in [0, 0.05) is 22.6 Å². The van der Waals surface area contributed by atoms with E-state index in [1.165, 1.54) is 47.1 Å². The first kappa shape index (κ1) is 12.7. The summed E-state index contributed by atoms with van der Waals surface area (Å²) in [4.78, 5) is 3.54. The fraction of sp³-hybridized carbons (Fsp3) is 0.529. The van der Waals surface area contributed by atoms with Crippen molar-refractivity contribution >= 4 is 10.9 Å². The number of benzene rings is 1. The molecule has 2 N–H and O–H groups in total. The van der Waals surface area contributed by atoms with E-state index in [1.54, 1.807) is 0 Å². The summed E-state index contributed by atoms with van der Waals surface area (Å²) in [6.45, 7) is 7.92. The third-order valence-electron chi connectivity index (χ3n) is 4.42. The minimum Gasteiger partial charge on any atom is -0.358 e. The number of aromatic nitrogens is 1. The van der Waals surface area contributed by atoms with E-state index in [0.29, 0.717) is 12.0 Å². The maximum absolute atomic E-state index is 3.61. The predicted octanol–water partition coefficient (Wildman–Crippen LogP) is 3.89. The van der Waals surface area contributed by atoms with Crippen molar-refractivity contribution in [3.05, 3.63) is 35.0 Å². The SMILES string of the molecule is Cc1[nH]c2ccc(C(C)C)cc2c1CC1CCCN1. The first-order valence-electron chi connectivity index (χ1n) is 7.49. The normalized spacial score (nSPS) is 19.7. The van der Waals surface area contributed by atoms with Crippen LogP contribution in [0.4, 0.5) is 0 Å². The molecule has 2 aromatic rings. The molecule has 1 aliphatic heterocycles. The van der Waals surface area contributed by atoms with Gasteiger partial charge in [-0.1, -0.05) is 19.9 Å². The standard InChI is InChI=1S/C17H24N2/c1-11(2)13-6-7-17-16(9-13)15(12(3)19-17)10-14-5-4-8-18-14/h6-7,9,11,14,18-19H,4-5,8,10H2,1-3H3. The number of rotatable bonds is 3. The fourth-order valence-electron chi connectivity index (χ4n) is 3.20. The molecule has 2 heterocycles. The average molecular weight is 256 g/mol. The highest BCUT2D eigenvalue weighted by Gasteiger charge is 2.18. The van der Waals surface area contributed by atoms with Gasteiger partial charge in [0.1, 0.15) is 0 Å². The molecule has 1 saturated heterocycles. The molecule has 0 aliphatic carbocycles. The highest BCUT2D eigenvalue weighted by Crippen LogP contribution is 2.28. The van der Waals surface area contributed by atoms with E-state index in [4.69, 9.17) is 0 Å². The van der Waals surface area contributed by atoms with Crippen LogP contribution < -0.4 is 5.32 Å². The monoisotopic (exact) mass is 256 g/mol. The van der Waals surface area contributed by atoms with Gasteiger partial charge in [-0.2, -0.15) is 0 Å². The van der Waals surface area contributed by atoms with Crippen LogP contribution in [-0.4, -0.2) is 17.6 Å². The summed E-state index contributed by atoms with van der Waals surface area (Å²) in [7, 11) is 0. The predicted molar refractivity (Wildman–Crippen MR) is 81.9 cm³/mol. The summed E-state index contributed by atoms with van der Waals surface area (Å²) in [6.07, 6.45) is 3.80. The van der Waals surface area contributed by atoms with Gasteiger partial charge >= 0.3 is 0 Å². The van der Waals surface area contributed by atoms with E-state index in [-0.39, 0.29) is 0 Å². The molecule has 19 heavy (non-hydrogen) atoms. The van der Waals surface area contributed by atoms with Crippen molar-refractivity contribution in [1.29, 1.82) is 0 Å². The van der Waals surface area contributed by atoms with Crippen LogP contribution >= 0.6 is 0 Å². The van der Waals surface area contributed by atoms with Gasteiger partial charge in [-0.05, 0) is 61.9 Å². The third kappa shape index (κ3) is 2.42. The molecule has 1 aromatic heterocycles. The zero-order chi connectivity index (χ0) is 13.4. The Labute approximate surface area is 115 Å². The van der Waals surface area contributed by atoms with Crippen LogP contribution in [0.3, 0.4) is 0 Å². The molecule has 0 bridgehead atoms. The van der Waals surface area contributed by atoms with Gasteiger partial charge in [0.25, 0.3) is 0 Å². The number of H-pyrrole nitrogens is 1. The molecule has 1 unspecified atom stereocenters. The van der Waals surface area contributed by atoms with Gasteiger partial charge in [0.05, 0.1) is 0 Å². The molecule has 2 nitrogen and oxygen atoms in total. The van der Waals surface area contributed by atoms with Gasteiger partial charge in [-0.15, -0.1) is 0 Å². The topological polar surface area (TPSA) is 27.8 Å². The van der Waals surface area contributed by atoms with E-state index in [2.05, 4.69) is 49.3 Å². The van der Waals surface area contributed by atoms with Crippen molar-refractivity contribution in [2.24, 2.45) is 0 Å². The second-order valence-corrected chi connectivity index (χ2v) is 6.19. The molecule has 0 amide bonds. The van der Waals surface area contributed by atoms with E-state index in [1.807, 2.05) is 0 Å². The van der Waals surface area contributed by atoms with Crippen molar-refractivity contribution in [2.45, 2.75) is 52.0 Å². The summed E-state index contributed by atoms with van der Waals surface area (Å²) in [5, 5.41) is 5.04. The van der Waals surface area contributed by atoms with Crippen LogP contribution in [0.1, 0.15) is 49.4 Å². The maximum atomic E-state index is 3.61.